The van der Waals surface area contributed by atoms with Gasteiger partial charge in [0.15, 0.2) is 5.69 Å². The molecule has 4 N–H and O–H groups in total. The third-order valence-corrected chi connectivity index (χ3v) is 1.37. The average molecular weight is 196 g/mol. The summed E-state index contributed by atoms with van der Waals surface area (Å²) in [5.41, 5.74) is 11.3. The lowest BCUT2D eigenvalue weighted by Gasteiger charge is -2.08. The first-order valence-electron chi connectivity index (χ1n) is 4.02. The number of ether oxygens (including phenoxy) is 2. The van der Waals surface area contributed by atoms with Crippen molar-refractivity contribution < 1.29 is 9.47 Å². The van der Waals surface area contributed by atoms with Crippen molar-refractivity contribution in [3.63, 3.8) is 0 Å². The lowest BCUT2D eigenvalue weighted by atomic mass is 10.5. The summed E-state index contributed by atoms with van der Waals surface area (Å²) in [4.78, 5) is 7.58. The van der Waals surface area contributed by atoms with Gasteiger partial charge in [0.2, 0.25) is 11.8 Å². The number of aromatic nitrogens is 2. The van der Waals surface area contributed by atoms with Crippen LogP contribution in [0.1, 0.15) is 6.92 Å². The summed E-state index contributed by atoms with van der Waals surface area (Å²) >= 11 is 0. The molecule has 1 heterocycles. The van der Waals surface area contributed by atoms with E-state index in [0.29, 0.717) is 6.61 Å². The summed E-state index contributed by atoms with van der Waals surface area (Å²) in [6.45, 7) is 5.63. The second-order valence-corrected chi connectivity index (χ2v) is 2.32. The molecule has 0 radical (unpaired) electrons. The van der Waals surface area contributed by atoms with E-state index < -0.39 is 0 Å². The van der Waals surface area contributed by atoms with E-state index in [4.69, 9.17) is 20.9 Å². The normalized spacial score (nSPS) is 9.50. The number of nitrogens with zero attached hydrogens (tertiary/aromatic N) is 2. The van der Waals surface area contributed by atoms with Crippen LogP contribution in [0.3, 0.4) is 0 Å². The smallest absolute Gasteiger partial charge is 0.251 e. The Morgan fingerprint density at radius 3 is 2.57 bits per heavy atom. The average Bonchev–Trinajstić information content (AvgIpc) is 2.14. The second-order valence-electron chi connectivity index (χ2n) is 2.32. The third kappa shape index (κ3) is 2.03. The largest absolute Gasteiger partial charge is 0.476 e. The first-order valence-corrected chi connectivity index (χ1v) is 4.02. The number of nitrogen functional groups attached to an aromatic ring is 2. The van der Waals surface area contributed by atoms with Crippen molar-refractivity contribution >= 4 is 11.6 Å². The molecule has 6 heteroatoms. The number of anilines is 2. The molecule has 0 bridgehead atoms. The molecule has 0 saturated heterocycles. The van der Waals surface area contributed by atoms with Gasteiger partial charge in [0.25, 0.3) is 5.88 Å². The van der Waals surface area contributed by atoms with E-state index in [9.17, 15) is 0 Å². The molecule has 6 nitrogen and oxygen atoms in total. The Kier molecular flexibility index (Phi) is 3.11. The van der Waals surface area contributed by atoms with Gasteiger partial charge in [-0.2, -0.15) is 9.97 Å². The molecule has 0 fully saturated rings. The Morgan fingerprint density at radius 1 is 1.36 bits per heavy atom. The zero-order valence-electron chi connectivity index (χ0n) is 7.86. The summed E-state index contributed by atoms with van der Waals surface area (Å²) < 4.78 is 10.1. The molecule has 1 aromatic rings. The summed E-state index contributed by atoms with van der Waals surface area (Å²) in [6.07, 6.45) is 1.20. The van der Waals surface area contributed by atoms with Crippen LogP contribution in [0.5, 0.6) is 11.8 Å². The van der Waals surface area contributed by atoms with Gasteiger partial charge in [-0.3, -0.25) is 0 Å². The summed E-state index contributed by atoms with van der Waals surface area (Å²) in [5, 5.41) is 0. The van der Waals surface area contributed by atoms with Crippen LogP contribution in [0, 0.1) is 0 Å². The fourth-order valence-corrected chi connectivity index (χ4v) is 0.861. The molecule has 14 heavy (non-hydrogen) atoms. The highest BCUT2D eigenvalue weighted by Gasteiger charge is 2.11. The van der Waals surface area contributed by atoms with Crippen LogP contribution in [-0.2, 0) is 0 Å². The lowest BCUT2D eigenvalue weighted by molar-refractivity contribution is 0.326. The van der Waals surface area contributed by atoms with Crippen LogP contribution in [-0.4, -0.2) is 16.6 Å². The Hall–Kier alpha value is -1.98. The van der Waals surface area contributed by atoms with Crippen LogP contribution in [0.25, 0.3) is 0 Å². The van der Waals surface area contributed by atoms with Crippen molar-refractivity contribution in [2.45, 2.75) is 6.92 Å². The van der Waals surface area contributed by atoms with E-state index in [1.165, 1.54) is 6.26 Å². The van der Waals surface area contributed by atoms with Crippen LogP contribution in [0.4, 0.5) is 11.6 Å². The van der Waals surface area contributed by atoms with Crippen molar-refractivity contribution in [3.8, 4) is 11.8 Å². The molecule has 76 valence electrons. The predicted octanol–water partition coefficient (Wildman–Crippen LogP) is 0.562. The monoisotopic (exact) mass is 196 g/mol. The molecule has 1 rings (SSSR count). The standard InChI is InChI=1S/C8H12N4O2/c1-3-13-6-5(9)7(14-4-2)12-8(10)11-6/h3H,1,4,9H2,2H3,(H2,10,11,12). The molecule has 0 amide bonds. The van der Waals surface area contributed by atoms with E-state index in [0.717, 1.165) is 0 Å². The Morgan fingerprint density at radius 2 is 2.00 bits per heavy atom. The molecule has 0 atom stereocenters. The number of nitrogens with two attached hydrogens (primary N) is 2. The van der Waals surface area contributed by atoms with Gasteiger partial charge in [-0.15, -0.1) is 0 Å². The fraction of sp³-hybridized carbons (Fsp3) is 0.250. The van der Waals surface area contributed by atoms with Crippen molar-refractivity contribution in [1.82, 2.24) is 9.97 Å². The number of hydrogen-bond donors (Lipinski definition) is 2. The molecule has 0 saturated carbocycles. The van der Waals surface area contributed by atoms with Gasteiger partial charge in [0.05, 0.1) is 12.9 Å². The SMILES string of the molecule is C=COc1nc(N)nc(OCC)c1N. The van der Waals surface area contributed by atoms with Gasteiger partial charge in [0.1, 0.15) is 0 Å². The molecular weight excluding hydrogens is 184 g/mol. The van der Waals surface area contributed by atoms with Gasteiger partial charge in [-0.1, -0.05) is 6.58 Å². The molecule has 0 aliphatic carbocycles. The highest BCUT2D eigenvalue weighted by atomic mass is 16.5. The summed E-state index contributed by atoms with van der Waals surface area (Å²) in [5.74, 6) is 0.410. The first-order chi connectivity index (χ1) is 6.69. The molecular formula is C8H12N4O2. The first kappa shape index (κ1) is 10.1. The van der Waals surface area contributed by atoms with E-state index in [2.05, 4.69) is 16.5 Å². The van der Waals surface area contributed by atoms with Crippen molar-refractivity contribution in [2.24, 2.45) is 0 Å². The van der Waals surface area contributed by atoms with E-state index in [-0.39, 0.29) is 23.4 Å². The third-order valence-electron chi connectivity index (χ3n) is 1.37. The second kappa shape index (κ2) is 4.31. The minimum absolute atomic E-state index is 0.0412. The highest BCUT2D eigenvalue weighted by molar-refractivity contribution is 5.58. The lowest BCUT2D eigenvalue weighted by Crippen LogP contribution is -2.06. The van der Waals surface area contributed by atoms with E-state index in [1.54, 1.807) is 0 Å². The summed E-state index contributed by atoms with van der Waals surface area (Å²) in [6, 6.07) is 0. The van der Waals surface area contributed by atoms with Crippen molar-refractivity contribution in [3.05, 3.63) is 12.8 Å². The van der Waals surface area contributed by atoms with Gasteiger partial charge in [-0.25, -0.2) is 0 Å². The van der Waals surface area contributed by atoms with Gasteiger partial charge in [-0.05, 0) is 6.92 Å². The van der Waals surface area contributed by atoms with Crippen molar-refractivity contribution in [2.75, 3.05) is 18.1 Å². The zero-order valence-corrected chi connectivity index (χ0v) is 7.86. The van der Waals surface area contributed by atoms with Crippen LogP contribution < -0.4 is 20.9 Å². The van der Waals surface area contributed by atoms with Gasteiger partial charge >= 0.3 is 0 Å². The maximum Gasteiger partial charge on any atom is 0.251 e. The van der Waals surface area contributed by atoms with Crippen molar-refractivity contribution in [1.29, 1.82) is 0 Å². The van der Waals surface area contributed by atoms with Crippen LogP contribution >= 0.6 is 0 Å². The minimum atomic E-state index is 0.0412. The van der Waals surface area contributed by atoms with Crippen LogP contribution in [0.15, 0.2) is 12.8 Å². The maximum absolute atomic E-state index is 5.65. The Balaban J connectivity index is 3.10. The molecule has 0 spiro atoms. The van der Waals surface area contributed by atoms with Gasteiger partial charge < -0.3 is 20.9 Å². The van der Waals surface area contributed by atoms with E-state index in [1.807, 2.05) is 6.92 Å². The van der Waals surface area contributed by atoms with E-state index >= 15 is 0 Å². The fourth-order valence-electron chi connectivity index (χ4n) is 0.861. The van der Waals surface area contributed by atoms with Gasteiger partial charge in [0, 0.05) is 0 Å². The predicted molar refractivity (Wildman–Crippen MR) is 52.9 cm³/mol. The molecule has 0 unspecified atom stereocenters. The molecule has 0 aliphatic rings. The molecule has 0 aliphatic heterocycles. The zero-order chi connectivity index (χ0) is 10.6. The summed E-state index contributed by atoms with van der Waals surface area (Å²) in [7, 11) is 0. The topological polar surface area (TPSA) is 96.3 Å². The minimum Gasteiger partial charge on any atom is -0.476 e. The Bertz CT molecular complexity index is 340. The highest BCUT2D eigenvalue weighted by Crippen LogP contribution is 2.28. The number of hydrogen-bond acceptors (Lipinski definition) is 6. The molecule has 0 aromatic carbocycles. The quantitative estimate of drug-likeness (QED) is 0.683. The molecule has 1 aromatic heterocycles. The van der Waals surface area contributed by atoms with Crippen LogP contribution in [0.2, 0.25) is 0 Å². The maximum atomic E-state index is 5.65. The Labute approximate surface area is 81.5 Å². The number of rotatable bonds is 4.